The van der Waals surface area contributed by atoms with E-state index in [9.17, 15) is 9.59 Å². The summed E-state index contributed by atoms with van der Waals surface area (Å²) in [6.07, 6.45) is 4.63. The smallest absolute Gasteiger partial charge is 0.309 e. The van der Waals surface area contributed by atoms with Gasteiger partial charge in [-0.1, -0.05) is 0 Å². The van der Waals surface area contributed by atoms with E-state index in [2.05, 4.69) is 4.74 Å². The van der Waals surface area contributed by atoms with Gasteiger partial charge >= 0.3 is 11.9 Å². The maximum Gasteiger partial charge on any atom is 0.309 e. The monoisotopic (exact) mass is 200 g/mol. The number of hydrogen-bond acceptors (Lipinski definition) is 4. The molecule has 2 rings (SSSR count). The molecule has 0 aliphatic carbocycles. The lowest BCUT2D eigenvalue weighted by molar-refractivity contribution is -0.167. The van der Waals surface area contributed by atoms with Gasteiger partial charge in [-0.25, -0.2) is 0 Å². The Hall–Kier alpha value is -1.06. The summed E-state index contributed by atoms with van der Waals surface area (Å²) >= 11 is 0. The first-order valence-corrected chi connectivity index (χ1v) is 5.03. The van der Waals surface area contributed by atoms with Crippen LogP contribution >= 0.6 is 0 Å². The Balaban J connectivity index is 0.000000146. The highest BCUT2D eigenvalue weighted by Crippen LogP contribution is 2.10. The second kappa shape index (κ2) is 5.62. The van der Waals surface area contributed by atoms with Gasteiger partial charge < -0.3 is 9.47 Å². The van der Waals surface area contributed by atoms with Gasteiger partial charge in [-0.15, -0.1) is 0 Å². The second-order valence-corrected chi connectivity index (χ2v) is 3.54. The third kappa shape index (κ3) is 4.25. The molecular formula is C10H16O4. The molecule has 0 aromatic carbocycles. The van der Waals surface area contributed by atoms with E-state index in [0.29, 0.717) is 19.4 Å². The molecule has 14 heavy (non-hydrogen) atoms. The average molecular weight is 200 g/mol. The zero-order chi connectivity index (χ0) is 10.4. The quantitative estimate of drug-likeness (QED) is 0.555. The summed E-state index contributed by atoms with van der Waals surface area (Å²) in [4.78, 5) is 20.3. The molecule has 4 nitrogen and oxygen atoms in total. The van der Waals surface area contributed by atoms with E-state index in [1.54, 1.807) is 0 Å². The molecule has 80 valence electrons. The first-order chi connectivity index (χ1) is 6.68. The first kappa shape index (κ1) is 11.0. The van der Waals surface area contributed by atoms with Crippen molar-refractivity contribution in [3.63, 3.8) is 0 Å². The molecule has 0 N–H and O–H groups in total. The van der Waals surface area contributed by atoms with Crippen molar-refractivity contribution in [2.24, 2.45) is 0 Å². The fourth-order valence-electron chi connectivity index (χ4n) is 1.26. The summed E-state index contributed by atoms with van der Waals surface area (Å²) in [5, 5.41) is 0. The molecule has 0 radical (unpaired) electrons. The lowest BCUT2D eigenvalue weighted by Crippen LogP contribution is -2.29. The van der Waals surface area contributed by atoms with Gasteiger partial charge in [0.25, 0.3) is 0 Å². The van der Waals surface area contributed by atoms with Crippen LogP contribution in [0.3, 0.4) is 0 Å². The average Bonchev–Trinajstić information content (AvgIpc) is 2.32. The van der Waals surface area contributed by atoms with Gasteiger partial charge in [-0.05, 0) is 26.2 Å². The van der Waals surface area contributed by atoms with Crippen LogP contribution < -0.4 is 0 Å². The van der Waals surface area contributed by atoms with Crippen molar-refractivity contribution >= 4 is 11.9 Å². The van der Waals surface area contributed by atoms with E-state index >= 15 is 0 Å². The molecule has 0 spiro atoms. The topological polar surface area (TPSA) is 52.6 Å². The third-order valence-corrected chi connectivity index (χ3v) is 2.08. The minimum absolute atomic E-state index is 0.0255. The summed E-state index contributed by atoms with van der Waals surface area (Å²) in [5.74, 6) is -0.0926. The highest BCUT2D eigenvalue weighted by atomic mass is 16.6. The van der Waals surface area contributed by atoms with Gasteiger partial charge in [0.15, 0.2) is 0 Å². The van der Waals surface area contributed by atoms with E-state index in [0.717, 1.165) is 19.3 Å². The number of carbonyl (C=O) groups is 2. The number of esters is 2. The SMILES string of the molecule is CC1CC(=O)O1.O=C1CCCCCO1. The fraction of sp³-hybridized carbons (Fsp3) is 0.800. The van der Waals surface area contributed by atoms with E-state index in [-0.39, 0.29) is 18.0 Å². The van der Waals surface area contributed by atoms with E-state index in [1.165, 1.54) is 0 Å². The largest absolute Gasteiger partial charge is 0.466 e. The number of cyclic esters (lactones) is 2. The lowest BCUT2D eigenvalue weighted by atomic mass is 10.2. The highest BCUT2D eigenvalue weighted by Gasteiger charge is 2.22. The highest BCUT2D eigenvalue weighted by molar-refractivity contribution is 5.74. The molecule has 0 aromatic heterocycles. The predicted molar refractivity (Wildman–Crippen MR) is 49.6 cm³/mol. The van der Waals surface area contributed by atoms with Crippen LogP contribution in [0.1, 0.15) is 39.0 Å². The standard InChI is InChI=1S/C6H10O2.C4H6O2/c7-6-4-2-1-3-5-8-6;1-3-2-4(5)6-3/h1-5H2;3H,2H2,1H3. The molecule has 2 aliphatic rings. The molecule has 2 fully saturated rings. The van der Waals surface area contributed by atoms with Gasteiger partial charge in [0, 0.05) is 6.42 Å². The minimum atomic E-state index is -0.0671. The minimum Gasteiger partial charge on any atom is -0.466 e. The Morgan fingerprint density at radius 3 is 2.36 bits per heavy atom. The van der Waals surface area contributed by atoms with Gasteiger partial charge in [0.1, 0.15) is 6.10 Å². The van der Waals surface area contributed by atoms with Crippen molar-refractivity contribution in [2.45, 2.75) is 45.1 Å². The van der Waals surface area contributed by atoms with Crippen molar-refractivity contribution in [1.82, 2.24) is 0 Å². The van der Waals surface area contributed by atoms with Crippen molar-refractivity contribution in [3.8, 4) is 0 Å². The summed E-state index contributed by atoms with van der Waals surface area (Å²) in [7, 11) is 0. The molecule has 0 bridgehead atoms. The Morgan fingerprint density at radius 2 is 1.86 bits per heavy atom. The maximum absolute atomic E-state index is 10.5. The van der Waals surface area contributed by atoms with Crippen LogP contribution in [0.5, 0.6) is 0 Å². The van der Waals surface area contributed by atoms with Crippen molar-refractivity contribution in [1.29, 1.82) is 0 Å². The van der Waals surface area contributed by atoms with Crippen molar-refractivity contribution in [2.75, 3.05) is 6.61 Å². The Bertz CT molecular complexity index is 194. The van der Waals surface area contributed by atoms with Crippen molar-refractivity contribution < 1.29 is 19.1 Å². The zero-order valence-corrected chi connectivity index (χ0v) is 8.45. The number of hydrogen-bond donors (Lipinski definition) is 0. The zero-order valence-electron chi connectivity index (χ0n) is 8.45. The molecule has 1 unspecified atom stereocenters. The van der Waals surface area contributed by atoms with Crippen LogP contribution in [0.4, 0.5) is 0 Å². The lowest BCUT2D eigenvalue weighted by Gasteiger charge is -2.20. The first-order valence-electron chi connectivity index (χ1n) is 5.03. The van der Waals surface area contributed by atoms with Crippen LogP contribution in [-0.4, -0.2) is 24.6 Å². The number of rotatable bonds is 0. The predicted octanol–water partition coefficient (Wildman–Crippen LogP) is 1.43. The molecule has 2 saturated heterocycles. The Morgan fingerprint density at radius 1 is 1.14 bits per heavy atom. The third-order valence-electron chi connectivity index (χ3n) is 2.08. The normalized spacial score (nSPS) is 25.9. The second-order valence-electron chi connectivity index (χ2n) is 3.54. The number of ether oxygens (including phenoxy) is 2. The summed E-state index contributed by atoms with van der Waals surface area (Å²) in [5.41, 5.74) is 0. The van der Waals surface area contributed by atoms with Crippen LogP contribution in [0.25, 0.3) is 0 Å². The molecule has 1 atom stereocenters. The van der Waals surface area contributed by atoms with Gasteiger partial charge in [-0.2, -0.15) is 0 Å². The molecular weight excluding hydrogens is 184 g/mol. The van der Waals surface area contributed by atoms with E-state index in [4.69, 9.17) is 4.74 Å². The summed E-state index contributed by atoms with van der Waals surface area (Å²) < 4.78 is 9.26. The van der Waals surface area contributed by atoms with Crippen LogP contribution in [-0.2, 0) is 19.1 Å². The van der Waals surface area contributed by atoms with E-state index in [1.807, 2.05) is 6.92 Å². The Kier molecular flexibility index (Phi) is 4.43. The Labute approximate surface area is 83.6 Å². The maximum atomic E-state index is 10.5. The molecule has 0 saturated carbocycles. The van der Waals surface area contributed by atoms with Gasteiger partial charge in [0.2, 0.25) is 0 Å². The van der Waals surface area contributed by atoms with Crippen LogP contribution in [0.2, 0.25) is 0 Å². The molecule has 2 aliphatic heterocycles. The summed E-state index contributed by atoms with van der Waals surface area (Å²) in [6, 6.07) is 0. The van der Waals surface area contributed by atoms with Gasteiger partial charge in [0.05, 0.1) is 13.0 Å². The number of carbonyl (C=O) groups excluding carboxylic acids is 2. The molecule has 0 aromatic rings. The molecule has 2 heterocycles. The van der Waals surface area contributed by atoms with E-state index < -0.39 is 0 Å². The van der Waals surface area contributed by atoms with Crippen LogP contribution in [0, 0.1) is 0 Å². The van der Waals surface area contributed by atoms with Gasteiger partial charge in [-0.3, -0.25) is 9.59 Å². The fourth-order valence-corrected chi connectivity index (χ4v) is 1.26. The molecule has 0 amide bonds. The summed E-state index contributed by atoms with van der Waals surface area (Å²) in [6.45, 7) is 2.51. The molecule has 4 heteroatoms. The van der Waals surface area contributed by atoms with Crippen LogP contribution in [0.15, 0.2) is 0 Å². The van der Waals surface area contributed by atoms with Crippen molar-refractivity contribution in [3.05, 3.63) is 0 Å².